The van der Waals surface area contributed by atoms with Crippen LogP contribution in [0, 0.1) is 18.8 Å². The fraction of sp³-hybridized carbons (Fsp3) is 0.357. The summed E-state index contributed by atoms with van der Waals surface area (Å²) in [7, 11) is 0. The molecule has 118 valence electrons. The average Bonchev–Trinajstić information content (AvgIpc) is 3.06. The van der Waals surface area contributed by atoms with Crippen molar-refractivity contribution in [2.45, 2.75) is 19.8 Å². The maximum Gasteiger partial charge on any atom is 0.293 e. The molecule has 1 aliphatic carbocycles. The van der Waals surface area contributed by atoms with E-state index in [9.17, 15) is 14.4 Å². The van der Waals surface area contributed by atoms with Crippen LogP contribution in [0.3, 0.4) is 0 Å². The number of anilines is 1. The molecule has 1 fully saturated rings. The van der Waals surface area contributed by atoms with Gasteiger partial charge in [0.1, 0.15) is 5.02 Å². The molecule has 1 aliphatic heterocycles. The number of H-pyrrole nitrogens is 1. The fourth-order valence-corrected chi connectivity index (χ4v) is 3.22. The van der Waals surface area contributed by atoms with E-state index in [1.54, 1.807) is 6.92 Å². The highest BCUT2D eigenvalue weighted by Gasteiger charge is 2.49. The molecule has 9 heteroatoms. The number of hydrogen-bond donors (Lipinski definition) is 1. The lowest BCUT2D eigenvalue weighted by molar-refractivity contribution is -0.122. The van der Waals surface area contributed by atoms with Crippen molar-refractivity contribution >= 4 is 35.1 Å². The summed E-state index contributed by atoms with van der Waals surface area (Å²) in [6.45, 7) is 1.59. The first kappa shape index (κ1) is 14.1. The number of carbonyl (C=O) groups is 2. The van der Waals surface area contributed by atoms with Gasteiger partial charge in [-0.15, -0.1) is 0 Å². The zero-order chi connectivity index (χ0) is 16.3. The van der Waals surface area contributed by atoms with Gasteiger partial charge < -0.3 is 0 Å². The van der Waals surface area contributed by atoms with Gasteiger partial charge in [-0.05, 0) is 19.8 Å². The first-order valence-corrected chi connectivity index (χ1v) is 7.54. The lowest BCUT2D eigenvalue weighted by Crippen LogP contribution is -2.32. The lowest BCUT2D eigenvalue weighted by Gasteiger charge is -2.14. The number of aryl methyl sites for hydroxylation is 1. The smallest absolute Gasteiger partial charge is 0.274 e. The molecule has 0 aromatic carbocycles. The topological polar surface area (TPSA) is 100 Å². The predicted molar refractivity (Wildman–Crippen MR) is 81.2 cm³/mol. The maximum atomic E-state index is 12.5. The molecule has 8 nitrogen and oxygen atoms in total. The van der Waals surface area contributed by atoms with Crippen molar-refractivity contribution in [2.24, 2.45) is 11.8 Å². The molecular formula is C14H12ClN5O3. The summed E-state index contributed by atoms with van der Waals surface area (Å²) in [6, 6.07) is 0. The molecule has 0 saturated carbocycles. The molecule has 2 aliphatic rings. The molecule has 1 saturated heterocycles. The molecule has 23 heavy (non-hydrogen) atoms. The van der Waals surface area contributed by atoms with Gasteiger partial charge in [0.05, 0.1) is 17.5 Å². The number of imide groups is 1. The van der Waals surface area contributed by atoms with E-state index < -0.39 is 5.56 Å². The molecule has 3 heterocycles. The zero-order valence-corrected chi connectivity index (χ0v) is 12.9. The van der Waals surface area contributed by atoms with E-state index in [0.29, 0.717) is 18.5 Å². The summed E-state index contributed by atoms with van der Waals surface area (Å²) < 4.78 is 1.03. The SMILES string of the molecule is Cc1nc2nc(N3C(=O)[C@@H]4CC=CC[C@H]4C3=O)[nH]n2c(=O)c1Cl. The van der Waals surface area contributed by atoms with Crippen LogP contribution in [0.1, 0.15) is 18.5 Å². The largest absolute Gasteiger partial charge is 0.293 e. The first-order valence-electron chi connectivity index (χ1n) is 7.16. The van der Waals surface area contributed by atoms with Gasteiger partial charge in [-0.1, -0.05) is 23.8 Å². The summed E-state index contributed by atoms with van der Waals surface area (Å²) in [6.07, 6.45) is 4.89. The number of nitrogens with zero attached hydrogens (tertiary/aromatic N) is 4. The normalized spacial score (nSPS) is 23.8. The maximum absolute atomic E-state index is 12.5. The van der Waals surface area contributed by atoms with E-state index in [1.165, 1.54) is 0 Å². The van der Waals surface area contributed by atoms with Crippen molar-refractivity contribution in [3.63, 3.8) is 0 Å². The predicted octanol–water partition coefficient (Wildman–Crippen LogP) is 0.835. The number of fused-ring (bicyclic) bond motifs is 2. The number of amides is 2. The summed E-state index contributed by atoms with van der Waals surface area (Å²) in [4.78, 5) is 46.4. The average molecular weight is 334 g/mol. The van der Waals surface area contributed by atoms with E-state index in [0.717, 1.165) is 9.42 Å². The van der Waals surface area contributed by atoms with Crippen LogP contribution in [0.25, 0.3) is 5.78 Å². The zero-order valence-electron chi connectivity index (χ0n) is 12.1. The molecule has 1 N–H and O–H groups in total. The number of aromatic nitrogens is 4. The van der Waals surface area contributed by atoms with Gasteiger partial charge in [0.2, 0.25) is 17.8 Å². The number of halogens is 1. The van der Waals surface area contributed by atoms with Crippen LogP contribution in [0.4, 0.5) is 5.95 Å². The minimum atomic E-state index is -0.522. The molecule has 4 rings (SSSR count). The standard InChI is InChI=1S/C14H12ClN5O3/c1-6-9(15)12(23)20-13(16-6)17-14(18-20)19-10(21)7-4-2-3-5-8(7)11(19)22/h2-3,7-8H,4-5H2,1H3,(H,16,17,18)/t7-,8-/m1/s1. The van der Waals surface area contributed by atoms with Gasteiger partial charge in [0.15, 0.2) is 0 Å². The number of nitrogens with one attached hydrogen (secondary N) is 1. The third kappa shape index (κ3) is 1.88. The van der Waals surface area contributed by atoms with Gasteiger partial charge in [-0.2, -0.15) is 9.50 Å². The number of hydrogen-bond acceptors (Lipinski definition) is 5. The lowest BCUT2D eigenvalue weighted by atomic mass is 9.85. The summed E-state index contributed by atoms with van der Waals surface area (Å²) in [5, 5.41) is 2.62. The number of rotatable bonds is 1. The van der Waals surface area contributed by atoms with E-state index in [1.807, 2.05) is 12.2 Å². The van der Waals surface area contributed by atoms with E-state index in [2.05, 4.69) is 15.1 Å². The van der Waals surface area contributed by atoms with Gasteiger partial charge in [0, 0.05) is 0 Å². The Bertz CT molecular complexity index is 918. The highest BCUT2D eigenvalue weighted by molar-refractivity contribution is 6.31. The van der Waals surface area contributed by atoms with Crippen molar-refractivity contribution in [3.05, 3.63) is 33.2 Å². The molecule has 0 unspecified atom stereocenters. The van der Waals surface area contributed by atoms with Crippen molar-refractivity contribution in [2.75, 3.05) is 4.90 Å². The van der Waals surface area contributed by atoms with Gasteiger partial charge in [-0.25, -0.2) is 9.88 Å². The number of aromatic amines is 1. The van der Waals surface area contributed by atoms with Crippen LogP contribution in [0.2, 0.25) is 5.02 Å². The van der Waals surface area contributed by atoms with Crippen molar-refractivity contribution < 1.29 is 9.59 Å². The van der Waals surface area contributed by atoms with Crippen LogP contribution in [0.15, 0.2) is 16.9 Å². The molecule has 2 amide bonds. The summed E-state index contributed by atoms with van der Waals surface area (Å²) in [5.74, 6) is -1.27. The van der Waals surface area contributed by atoms with Crippen LogP contribution in [-0.2, 0) is 9.59 Å². The fourth-order valence-electron chi connectivity index (χ4n) is 3.10. The Morgan fingerprint density at radius 2 is 1.74 bits per heavy atom. The summed E-state index contributed by atoms with van der Waals surface area (Å²) >= 11 is 5.88. The van der Waals surface area contributed by atoms with Crippen LogP contribution < -0.4 is 10.5 Å². The first-order chi connectivity index (χ1) is 11.0. The third-order valence-electron chi connectivity index (χ3n) is 4.31. The minimum absolute atomic E-state index is 0.000617. The molecular weight excluding hydrogens is 322 g/mol. The minimum Gasteiger partial charge on any atom is -0.274 e. The molecule has 0 spiro atoms. The molecule has 0 bridgehead atoms. The van der Waals surface area contributed by atoms with E-state index >= 15 is 0 Å². The van der Waals surface area contributed by atoms with E-state index in [4.69, 9.17) is 11.6 Å². The monoisotopic (exact) mass is 333 g/mol. The second kappa shape index (κ2) is 4.76. The van der Waals surface area contributed by atoms with Crippen molar-refractivity contribution in [3.8, 4) is 0 Å². The second-order valence-corrected chi connectivity index (χ2v) is 6.04. The van der Waals surface area contributed by atoms with Gasteiger partial charge >= 0.3 is 0 Å². The molecule has 2 aromatic rings. The van der Waals surface area contributed by atoms with Crippen molar-refractivity contribution in [1.29, 1.82) is 0 Å². The van der Waals surface area contributed by atoms with Crippen LogP contribution in [0.5, 0.6) is 0 Å². The molecule has 0 radical (unpaired) electrons. The van der Waals surface area contributed by atoms with E-state index in [-0.39, 0.29) is 40.4 Å². The Balaban J connectivity index is 1.84. The Labute approximate surface area is 134 Å². The highest BCUT2D eigenvalue weighted by Crippen LogP contribution is 2.36. The third-order valence-corrected chi connectivity index (χ3v) is 4.75. The summed E-state index contributed by atoms with van der Waals surface area (Å²) in [5.41, 5.74) is -0.183. The Morgan fingerprint density at radius 3 is 2.35 bits per heavy atom. The Hall–Kier alpha value is -2.48. The van der Waals surface area contributed by atoms with Crippen molar-refractivity contribution in [1.82, 2.24) is 19.6 Å². The van der Waals surface area contributed by atoms with Crippen LogP contribution in [-0.4, -0.2) is 31.4 Å². The Kier molecular flexibility index (Phi) is 2.92. The Morgan fingerprint density at radius 1 is 1.13 bits per heavy atom. The quantitative estimate of drug-likeness (QED) is 0.615. The number of carbonyl (C=O) groups excluding carboxylic acids is 2. The van der Waals surface area contributed by atoms with Gasteiger partial charge in [-0.3, -0.25) is 19.5 Å². The molecule has 2 atom stereocenters. The molecule has 2 aromatic heterocycles. The second-order valence-electron chi connectivity index (χ2n) is 5.67. The van der Waals surface area contributed by atoms with Gasteiger partial charge in [0.25, 0.3) is 11.3 Å². The number of allylic oxidation sites excluding steroid dienone is 2. The van der Waals surface area contributed by atoms with Crippen LogP contribution >= 0.6 is 11.6 Å². The highest BCUT2D eigenvalue weighted by atomic mass is 35.5.